The van der Waals surface area contributed by atoms with Gasteiger partial charge in [0.15, 0.2) is 3.92 Å². The summed E-state index contributed by atoms with van der Waals surface area (Å²) in [5, 5.41) is 1.85. The number of aromatic nitrogens is 1. The Bertz CT molecular complexity index is 231. The molecule has 0 saturated heterocycles. The van der Waals surface area contributed by atoms with Gasteiger partial charge in [0, 0.05) is 5.38 Å². The molecule has 1 rings (SSSR count). The van der Waals surface area contributed by atoms with E-state index in [4.69, 9.17) is 5.73 Å². The van der Waals surface area contributed by atoms with Crippen molar-refractivity contribution in [2.75, 3.05) is 0 Å². The van der Waals surface area contributed by atoms with E-state index in [0.717, 1.165) is 9.61 Å². The smallest absolute Gasteiger partial charge is 0.159 e. The number of hydrogen-bond acceptors (Lipinski definition) is 3. The molecule has 2 nitrogen and oxygen atoms in total. The van der Waals surface area contributed by atoms with E-state index >= 15 is 0 Å². The van der Waals surface area contributed by atoms with Gasteiger partial charge in [-0.2, -0.15) is 0 Å². The molecule has 0 aliphatic rings. The highest BCUT2D eigenvalue weighted by atomic mass is 79.9. The van der Waals surface area contributed by atoms with Gasteiger partial charge in [0.25, 0.3) is 0 Å². The summed E-state index contributed by atoms with van der Waals surface area (Å²) in [7, 11) is 0. The first-order valence-electron chi connectivity index (χ1n) is 2.26. The molecule has 0 aliphatic heterocycles. The largest absolute Gasteiger partial charge is 0.397 e. The van der Waals surface area contributed by atoms with E-state index in [1.807, 2.05) is 5.38 Å². The summed E-state index contributed by atoms with van der Waals surface area (Å²) in [5.41, 5.74) is 6.62. The fourth-order valence-electron chi connectivity index (χ4n) is 0.399. The van der Waals surface area contributed by atoms with Crippen LogP contribution in [0.3, 0.4) is 0 Å². The van der Waals surface area contributed by atoms with Crippen molar-refractivity contribution in [2.45, 2.75) is 0 Å². The lowest BCUT2D eigenvalue weighted by Crippen LogP contribution is -1.92. The van der Waals surface area contributed by atoms with Gasteiger partial charge < -0.3 is 5.73 Å². The van der Waals surface area contributed by atoms with Crippen molar-refractivity contribution in [3.05, 3.63) is 21.6 Å². The van der Waals surface area contributed by atoms with Crippen LogP contribution >= 0.6 is 27.3 Å². The Balaban J connectivity index is 2.98. The van der Waals surface area contributed by atoms with Crippen molar-refractivity contribution in [1.29, 1.82) is 0 Å². The molecule has 2 N–H and O–H groups in total. The summed E-state index contributed by atoms with van der Waals surface area (Å²) in [6.45, 7) is 3.54. The standard InChI is InChI=1S/C5H5BrN2S/c1-3(7)4-2-9-5(6)8-4/h2H,1,7H2. The first-order valence-corrected chi connectivity index (χ1v) is 3.93. The maximum atomic E-state index is 5.36. The van der Waals surface area contributed by atoms with Crippen LogP contribution in [-0.2, 0) is 0 Å². The predicted octanol–water partition coefficient (Wildman–Crippen LogP) is 1.84. The van der Waals surface area contributed by atoms with Gasteiger partial charge in [-0.1, -0.05) is 6.58 Å². The summed E-state index contributed by atoms with van der Waals surface area (Å²) in [5.74, 6) is 0. The number of nitrogens with two attached hydrogens (primary N) is 1. The van der Waals surface area contributed by atoms with Crippen LogP contribution in [-0.4, -0.2) is 4.98 Å². The summed E-state index contributed by atoms with van der Waals surface area (Å²) in [6, 6.07) is 0. The lowest BCUT2D eigenvalue weighted by Gasteiger charge is -1.86. The molecule has 1 aromatic rings. The maximum Gasteiger partial charge on any atom is 0.159 e. The topological polar surface area (TPSA) is 38.9 Å². The lowest BCUT2D eigenvalue weighted by atomic mass is 10.4. The molecular weight excluding hydrogens is 200 g/mol. The molecule has 0 unspecified atom stereocenters. The van der Waals surface area contributed by atoms with E-state index in [1.165, 1.54) is 11.3 Å². The quantitative estimate of drug-likeness (QED) is 0.759. The van der Waals surface area contributed by atoms with Gasteiger partial charge in [0.1, 0.15) is 0 Å². The second-order valence-electron chi connectivity index (χ2n) is 1.51. The fraction of sp³-hybridized carbons (Fsp3) is 0. The molecule has 0 radical (unpaired) electrons. The van der Waals surface area contributed by atoms with Crippen molar-refractivity contribution >= 4 is 33.0 Å². The highest BCUT2D eigenvalue weighted by molar-refractivity contribution is 9.11. The predicted molar refractivity (Wildman–Crippen MR) is 43.0 cm³/mol. The molecule has 0 aromatic carbocycles. The van der Waals surface area contributed by atoms with Crippen molar-refractivity contribution in [3.63, 3.8) is 0 Å². The van der Waals surface area contributed by atoms with Gasteiger partial charge in [-0.05, 0) is 15.9 Å². The molecule has 0 amide bonds. The monoisotopic (exact) mass is 204 g/mol. The number of thiazole rings is 1. The average molecular weight is 205 g/mol. The van der Waals surface area contributed by atoms with Gasteiger partial charge >= 0.3 is 0 Å². The maximum absolute atomic E-state index is 5.36. The van der Waals surface area contributed by atoms with Crippen molar-refractivity contribution < 1.29 is 0 Å². The van der Waals surface area contributed by atoms with E-state index in [2.05, 4.69) is 27.5 Å². The van der Waals surface area contributed by atoms with Gasteiger partial charge in [-0.15, -0.1) is 11.3 Å². The third-order valence-corrected chi connectivity index (χ3v) is 2.17. The molecule has 0 saturated carbocycles. The normalized spacial score (nSPS) is 9.44. The van der Waals surface area contributed by atoms with E-state index in [-0.39, 0.29) is 0 Å². The van der Waals surface area contributed by atoms with Crippen LogP contribution in [0.1, 0.15) is 5.69 Å². The summed E-state index contributed by atoms with van der Waals surface area (Å²) in [6.07, 6.45) is 0. The Morgan fingerprint density at radius 3 is 2.78 bits per heavy atom. The lowest BCUT2D eigenvalue weighted by molar-refractivity contribution is 1.30. The molecule has 0 spiro atoms. The van der Waals surface area contributed by atoms with Crippen molar-refractivity contribution in [1.82, 2.24) is 4.98 Å². The molecule has 9 heavy (non-hydrogen) atoms. The van der Waals surface area contributed by atoms with Crippen molar-refractivity contribution in [2.24, 2.45) is 5.73 Å². The van der Waals surface area contributed by atoms with Crippen LogP contribution in [0.25, 0.3) is 5.70 Å². The van der Waals surface area contributed by atoms with Crippen LogP contribution in [0.2, 0.25) is 0 Å². The minimum atomic E-state index is 0.511. The molecule has 48 valence electrons. The summed E-state index contributed by atoms with van der Waals surface area (Å²) < 4.78 is 0.837. The van der Waals surface area contributed by atoms with Crippen LogP contribution in [0.5, 0.6) is 0 Å². The third-order valence-electron chi connectivity index (χ3n) is 0.805. The number of nitrogens with zero attached hydrogens (tertiary/aromatic N) is 1. The Hall–Kier alpha value is -0.350. The molecule has 0 aliphatic carbocycles. The first-order chi connectivity index (χ1) is 4.20. The highest BCUT2D eigenvalue weighted by Gasteiger charge is 1.97. The van der Waals surface area contributed by atoms with Crippen molar-refractivity contribution in [3.8, 4) is 0 Å². The van der Waals surface area contributed by atoms with Crippen LogP contribution in [0, 0.1) is 0 Å². The Morgan fingerprint density at radius 1 is 1.89 bits per heavy atom. The minimum Gasteiger partial charge on any atom is -0.397 e. The van der Waals surface area contributed by atoms with Crippen LogP contribution < -0.4 is 5.73 Å². The SMILES string of the molecule is C=C(N)c1csc(Br)n1. The summed E-state index contributed by atoms with van der Waals surface area (Å²) in [4.78, 5) is 4.02. The zero-order valence-electron chi connectivity index (χ0n) is 4.60. The molecule has 1 aromatic heterocycles. The second-order valence-corrected chi connectivity index (χ2v) is 3.65. The van der Waals surface area contributed by atoms with Crippen LogP contribution in [0.4, 0.5) is 0 Å². The first kappa shape index (κ1) is 6.77. The Kier molecular flexibility index (Phi) is 1.87. The average Bonchev–Trinajstić information content (AvgIpc) is 2.14. The number of rotatable bonds is 1. The Labute approximate surface area is 65.5 Å². The van der Waals surface area contributed by atoms with Gasteiger partial charge in [-0.25, -0.2) is 4.98 Å². The minimum absolute atomic E-state index is 0.511. The Morgan fingerprint density at radius 2 is 2.56 bits per heavy atom. The molecule has 0 bridgehead atoms. The highest BCUT2D eigenvalue weighted by Crippen LogP contribution is 2.17. The van der Waals surface area contributed by atoms with E-state index in [1.54, 1.807) is 0 Å². The third kappa shape index (κ3) is 1.53. The molecule has 4 heteroatoms. The van der Waals surface area contributed by atoms with E-state index in [9.17, 15) is 0 Å². The number of hydrogen-bond donors (Lipinski definition) is 1. The zero-order valence-corrected chi connectivity index (χ0v) is 7.00. The van der Waals surface area contributed by atoms with E-state index < -0.39 is 0 Å². The number of halogens is 1. The molecular formula is C5H5BrN2S. The fourth-order valence-corrected chi connectivity index (χ4v) is 1.43. The summed E-state index contributed by atoms with van der Waals surface area (Å²) >= 11 is 4.71. The van der Waals surface area contributed by atoms with Gasteiger partial charge in [-0.3, -0.25) is 0 Å². The second kappa shape index (κ2) is 2.49. The molecule has 1 heterocycles. The van der Waals surface area contributed by atoms with Crippen LogP contribution in [0.15, 0.2) is 15.9 Å². The van der Waals surface area contributed by atoms with Gasteiger partial charge in [0.05, 0.1) is 11.4 Å². The van der Waals surface area contributed by atoms with E-state index in [0.29, 0.717) is 5.70 Å². The molecule has 0 fully saturated rings. The molecule has 0 atom stereocenters. The van der Waals surface area contributed by atoms with Gasteiger partial charge in [0.2, 0.25) is 0 Å². The zero-order chi connectivity index (χ0) is 6.85.